The van der Waals surface area contributed by atoms with Gasteiger partial charge in [0.05, 0.1) is 5.52 Å². The summed E-state index contributed by atoms with van der Waals surface area (Å²) in [6.45, 7) is 0.0168. The highest BCUT2D eigenvalue weighted by atomic mass is 16.3. The molecule has 1 heterocycles. The molecule has 110 valence electrons. The fraction of sp³-hybridized carbons (Fsp3) is 0.400. The van der Waals surface area contributed by atoms with Crippen molar-refractivity contribution in [3.05, 3.63) is 40.2 Å². The Bertz CT molecular complexity index is 721. The lowest BCUT2D eigenvalue weighted by atomic mass is 10.1. The van der Waals surface area contributed by atoms with Crippen molar-refractivity contribution in [1.82, 2.24) is 15.5 Å². The van der Waals surface area contributed by atoms with Crippen molar-refractivity contribution in [2.75, 3.05) is 6.61 Å². The van der Waals surface area contributed by atoms with Crippen LogP contribution in [0.15, 0.2) is 29.1 Å². The zero-order valence-corrected chi connectivity index (χ0v) is 11.5. The van der Waals surface area contributed by atoms with Gasteiger partial charge in [-0.25, -0.2) is 0 Å². The van der Waals surface area contributed by atoms with Crippen LogP contribution in [0.1, 0.15) is 29.8 Å². The van der Waals surface area contributed by atoms with Gasteiger partial charge in [-0.2, -0.15) is 5.10 Å². The molecule has 1 aliphatic rings. The quantitative estimate of drug-likeness (QED) is 0.758. The van der Waals surface area contributed by atoms with Gasteiger partial charge in [-0.1, -0.05) is 12.1 Å². The molecule has 1 saturated carbocycles. The summed E-state index contributed by atoms with van der Waals surface area (Å²) in [5, 5.41) is 18.9. The van der Waals surface area contributed by atoms with Crippen LogP contribution >= 0.6 is 0 Å². The number of nitrogens with one attached hydrogen (secondary N) is 2. The number of amides is 1. The Labute approximate surface area is 121 Å². The maximum atomic E-state index is 12.3. The van der Waals surface area contributed by atoms with Gasteiger partial charge in [-0.15, -0.1) is 0 Å². The standard InChI is InChI=1S/C15H17N3O3/c19-8-7-11(9-5-6-9)16-15(21)13-14(20)10-3-1-2-4-12(10)17-18-13/h1-4,9,11,19H,5-8H2,(H,16,21)(H,17,20). The van der Waals surface area contributed by atoms with Crippen LogP contribution in [0.3, 0.4) is 0 Å². The summed E-state index contributed by atoms with van der Waals surface area (Å²) in [6, 6.07) is 6.86. The monoisotopic (exact) mass is 287 g/mol. The number of fused-ring (bicyclic) bond motifs is 1. The molecule has 0 bridgehead atoms. The lowest BCUT2D eigenvalue weighted by Gasteiger charge is -2.16. The molecule has 2 aromatic rings. The SMILES string of the molecule is O=C(NC(CCO)C1CC1)c1n[nH]c2ccccc2c1=O. The molecule has 6 nitrogen and oxygen atoms in total. The van der Waals surface area contributed by atoms with E-state index in [1.807, 2.05) is 0 Å². The van der Waals surface area contributed by atoms with Crippen molar-refractivity contribution in [2.24, 2.45) is 5.92 Å². The number of benzene rings is 1. The maximum absolute atomic E-state index is 12.3. The zero-order chi connectivity index (χ0) is 14.8. The highest BCUT2D eigenvalue weighted by molar-refractivity contribution is 5.95. The Morgan fingerprint density at radius 3 is 2.90 bits per heavy atom. The number of aliphatic hydroxyl groups excluding tert-OH is 1. The first-order chi connectivity index (χ1) is 10.2. The number of hydrogen-bond donors (Lipinski definition) is 3. The summed E-state index contributed by atoms with van der Waals surface area (Å²) in [6.07, 6.45) is 2.60. The van der Waals surface area contributed by atoms with Crippen LogP contribution < -0.4 is 10.7 Å². The van der Waals surface area contributed by atoms with Gasteiger partial charge < -0.3 is 10.4 Å². The Hall–Kier alpha value is -2.21. The molecule has 0 spiro atoms. The summed E-state index contributed by atoms with van der Waals surface area (Å²) in [5.74, 6) is -0.0759. The Morgan fingerprint density at radius 1 is 1.43 bits per heavy atom. The number of rotatable bonds is 5. The first-order valence-corrected chi connectivity index (χ1v) is 7.10. The Morgan fingerprint density at radius 2 is 2.19 bits per heavy atom. The average Bonchev–Trinajstić information content (AvgIpc) is 3.32. The topological polar surface area (TPSA) is 95.1 Å². The number of nitrogens with zero attached hydrogens (tertiary/aromatic N) is 1. The predicted octanol–water partition coefficient (Wildman–Crippen LogP) is 0.814. The van der Waals surface area contributed by atoms with E-state index >= 15 is 0 Å². The van der Waals surface area contributed by atoms with Crippen molar-refractivity contribution in [1.29, 1.82) is 0 Å². The van der Waals surface area contributed by atoms with Gasteiger partial charge in [-0.3, -0.25) is 14.7 Å². The van der Waals surface area contributed by atoms with Crippen LogP contribution in [0.2, 0.25) is 0 Å². The molecule has 0 radical (unpaired) electrons. The molecule has 3 rings (SSSR count). The number of hydrogen-bond acceptors (Lipinski definition) is 4. The molecular weight excluding hydrogens is 270 g/mol. The molecule has 3 N–H and O–H groups in total. The molecule has 21 heavy (non-hydrogen) atoms. The highest BCUT2D eigenvalue weighted by Gasteiger charge is 2.32. The van der Waals surface area contributed by atoms with Crippen molar-refractivity contribution < 1.29 is 9.90 Å². The second kappa shape index (κ2) is 5.65. The van der Waals surface area contributed by atoms with Gasteiger partial charge in [0, 0.05) is 18.0 Å². The van der Waals surface area contributed by atoms with E-state index in [2.05, 4.69) is 15.5 Å². The second-order valence-electron chi connectivity index (χ2n) is 5.38. The number of carbonyl (C=O) groups excluding carboxylic acids is 1. The van der Waals surface area contributed by atoms with E-state index in [0.29, 0.717) is 23.2 Å². The third-order valence-corrected chi connectivity index (χ3v) is 3.84. The van der Waals surface area contributed by atoms with Crippen molar-refractivity contribution >= 4 is 16.8 Å². The zero-order valence-electron chi connectivity index (χ0n) is 11.5. The lowest BCUT2D eigenvalue weighted by Crippen LogP contribution is -2.40. The third kappa shape index (κ3) is 2.80. The van der Waals surface area contributed by atoms with Crippen LogP contribution in [0.5, 0.6) is 0 Å². The molecule has 1 aliphatic carbocycles. The predicted molar refractivity (Wildman–Crippen MR) is 78.0 cm³/mol. The van der Waals surface area contributed by atoms with Gasteiger partial charge in [0.2, 0.25) is 5.43 Å². The van der Waals surface area contributed by atoms with Gasteiger partial charge in [0.25, 0.3) is 5.91 Å². The molecule has 1 amide bonds. The fourth-order valence-electron chi connectivity index (χ4n) is 2.53. The van der Waals surface area contributed by atoms with Gasteiger partial charge >= 0.3 is 0 Å². The fourth-order valence-corrected chi connectivity index (χ4v) is 2.53. The minimum absolute atomic E-state index is 0.0168. The van der Waals surface area contributed by atoms with E-state index in [1.54, 1.807) is 24.3 Å². The van der Waals surface area contributed by atoms with E-state index in [-0.39, 0.29) is 23.8 Å². The number of aliphatic hydroxyl groups is 1. The molecule has 1 unspecified atom stereocenters. The normalized spacial score (nSPS) is 15.9. The van der Waals surface area contributed by atoms with Crippen LogP contribution in [0, 0.1) is 5.92 Å². The van der Waals surface area contributed by atoms with Gasteiger partial charge in [0.15, 0.2) is 5.69 Å². The minimum Gasteiger partial charge on any atom is -0.396 e. The van der Waals surface area contributed by atoms with Crippen molar-refractivity contribution in [2.45, 2.75) is 25.3 Å². The smallest absolute Gasteiger partial charge is 0.276 e. The maximum Gasteiger partial charge on any atom is 0.276 e. The van der Waals surface area contributed by atoms with E-state index in [1.165, 1.54) is 0 Å². The molecule has 1 atom stereocenters. The minimum atomic E-state index is -0.479. The number of H-pyrrole nitrogens is 1. The summed E-state index contributed by atoms with van der Waals surface area (Å²) in [4.78, 5) is 24.6. The molecule has 1 fully saturated rings. The Kier molecular flexibility index (Phi) is 3.70. The molecular formula is C15H17N3O3. The summed E-state index contributed by atoms with van der Waals surface area (Å²) >= 11 is 0. The number of para-hydroxylation sites is 1. The summed E-state index contributed by atoms with van der Waals surface area (Å²) < 4.78 is 0. The van der Waals surface area contributed by atoms with Crippen molar-refractivity contribution in [3.63, 3.8) is 0 Å². The van der Waals surface area contributed by atoms with Gasteiger partial charge in [-0.05, 0) is 37.3 Å². The van der Waals surface area contributed by atoms with Crippen LogP contribution in [-0.2, 0) is 0 Å². The number of carbonyl (C=O) groups is 1. The van der Waals surface area contributed by atoms with Crippen molar-refractivity contribution in [3.8, 4) is 0 Å². The first kappa shape index (κ1) is 13.8. The number of aromatic amines is 1. The van der Waals surface area contributed by atoms with E-state index in [9.17, 15) is 9.59 Å². The average molecular weight is 287 g/mol. The summed E-state index contributed by atoms with van der Waals surface area (Å²) in [5.41, 5.74) is 0.103. The first-order valence-electron chi connectivity index (χ1n) is 7.10. The van der Waals surface area contributed by atoms with E-state index in [0.717, 1.165) is 12.8 Å². The van der Waals surface area contributed by atoms with Crippen LogP contribution in [0.4, 0.5) is 0 Å². The van der Waals surface area contributed by atoms with Crippen LogP contribution in [-0.4, -0.2) is 33.9 Å². The largest absolute Gasteiger partial charge is 0.396 e. The second-order valence-corrected chi connectivity index (χ2v) is 5.38. The molecule has 0 aliphatic heterocycles. The number of aromatic nitrogens is 2. The van der Waals surface area contributed by atoms with Gasteiger partial charge in [0.1, 0.15) is 0 Å². The molecule has 0 saturated heterocycles. The van der Waals surface area contributed by atoms with E-state index in [4.69, 9.17) is 5.11 Å². The molecule has 1 aromatic carbocycles. The van der Waals surface area contributed by atoms with Crippen LogP contribution in [0.25, 0.3) is 10.9 Å². The lowest BCUT2D eigenvalue weighted by molar-refractivity contribution is 0.0917. The Balaban J connectivity index is 1.87. The molecule has 6 heteroatoms. The van der Waals surface area contributed by atoms with E-state index < -0.39 is 5.91 Å². The summed E-state index contributed by atoms with van der Waals surface area (Å²) in [7, 11) is 0. The highest BCUT2D eigenvalue weighted by Crippen LogP contribution is 2.33. The third-order valence-electron chi connectivity index (χ3n) is 3.84. The molecule has 1 aromatic heterocycles.